The van der Waals surface area contributed by atoms with Gasteiger partial charge in [0.05, 0.1) is 7.11 Å². The molecule has 0 spiro atoms. The first-order chi connectivity index (χ1) is 5.27. The molecule has 4 heteroatoms. The molecule has 11 heavy (non-hydrogen) atoms. The van der Waals surface area contributed by atoms with Crippen LogP contribution in [-0.4, -0.2) is 31.8 Å². The molecule has 1 saturated heterocycles. The van der Waals surface area contributed by atoms with Gasteiger partial charge in [0.2, 0.25) is 0 Å². The van der Waals surface area contributed by atoms with Crippen LogP contribution in [0, 0.1) is 0 Å². The monoisotopic (exact) mass is 161 g/mol. The molecule has 1 N–H and O–H groups in total. The minimum Gasteiger partial charge on any atom is -0.468 e. The Balaban J connectivity index is 2.35. The number of methoxy groups -OCH3 is 1. The highest BCUT2D eigenvalue weighted by atomic mass is 19.1. The fraction of sp³-hybridized carbons (Fsp3) is 0.857. The van der Waals surface area contributed by atoms with Crippen LogP contribution in [-0.2, 0) is 9.53 Å². The number of nitrogens with one attached hydrogen (secondary N) is 1. The molecule has 1 aliphatic rings. The molecule has 2 atom stereocenters. The van der Waals surface area contributed by atoms with Crippen LogP contribution in [0.2, 0.25) is 0 Å². The third kappa shape index (κ3) is 1.89. The van der Waals surface area contributed by atoms with Crippen molar-refractivity contribution < 1.29 is 13.9 Å². The number of carbonyl (C=O) groups excluding carboxylic acids is 1. The van der Waals surface area contributed by atoms with Crippen molar-refractivity contribution in [2.75, 3.05) is 13.8 Å². The lowest BCUT2D eigenvalue weighted by Gasteiger charge is -2.08. The van der Waals surface area contributed by atoms with Gasteiger partial charge in [-0.15, -0.1) is 0 Å². The Morgan fingerprint density at radius 3 is 2.91 bits per heavy atom. The van der Waals surface area contributed by atoms with Crippen molar-refractivity contribution in [3.05, 3.63) is 0 Å². The van der Waals surface area contributed by atoms with E-state index in [1.54, 1.807) is 0 Å². The molecule has 0 aromatic rings. The number of rotatable bonds is 2. The lowest BCUT2D eigenvalue weighted by Crippen LogP contribution is -2.37. The average molecular weight is 161 g/mol. The van der Waals surface area contributed by atoms with Crippen molar-refractivity contribution in [1.29, 1.82) is 0 Å². The Labute approximate surface area is 64.9 Å². The normalized spacial score (nSPS) is 30.4. The summed E-state index contributed by atoms with van der Waals surface area (Å²) >= 11 is 0. The zero-order chi connectivity index (χ0) is 8.27. The largest absolute Gasteiger partial charge is 0.468 e. The standard InChI is InChI=1S/C7H12FNO2/c1-11-7(10)6-3-2-5(4-8)9-6/h5-6,9H,2-4H2,1H3/t5-,6-/m1/s1. The second kappa shape index (κ2) is 3.67. The highest BCUT2D eigenvalue weighted by Gasteiger charge is 2.29. The Bertz CT molecular complexity index is 151. The molecule has 0 unspecified atom stereocenters. The first-order valence-electron chi connectivity index (χ1n) is 3.67. The molecule has 0 aromatic carbocycles. The molecule has 0 aliphatic carbocycles. The van der Waals surface area contributed by atoms with E-state index in [4.69, 9.17) is 0 Å². The first-order valence-corrected chi connectivity index (χ1v) is 3.67. The van der Waals surface area contributed by atoms with E-state index < -0.39 is 6.67 Å². The van der Waals surface area contributed by atoms with Gasteiger partial charge < -0.3 is 4.74 Å². The van der Waals surface area contributed by atoms with Crippen molar-refractivity contribution in [3.8, 4) is 0 Å². The summed E-state index contributed by atoms with van der Waals surface area (Å²) in [6.07, 6.45) is 1.40. The number of hydrogen-bond donors (Lipinski definition) is 1. The zero-order valence-electron chi connectivity index (χ0n) is 6.47. The van der Waals surface area contributed by atoms with E-state index in [9.17, 15) is 9.18 Å². The van der Waals surface area contributed by atoms with Gasteiger partial charge in [-0.3, -0.25) is 10.1 Å². The Morgan fingerprint density at radius 2 is 2.45 bits per heavy atom. The molecule has 0 aromatic heterocycles. The van der Waals surface area contributed by atoms with Gasteiger partial charge >= 0.3 is 5.97 Å². The number of carbonyl (C=O) groups is 1. The third-order valence-electron chi connectivity index (χ3n) is 1.91. The summed E-state index contributed by atoms with van der Waals surface area (Å²) in [5.74, 6) is -0.291. The van der Waals surface area contributed by atoms with E-state index >= 15 is 0 Å². The predicted octanol–water partition coefficient (Wildman–Crippen LogP) is 0.249. The molecule has 0 amide bonds. The second-order valence-corrected chi connectivity index (χ2v) is 2.67. The van der Waals surface area contributed by atoms with Crippen LogP contribution in [0.15, 0.2) is 0 Å². The Kier molecular flexibility index (Phi) is 2.82. The van der Waals surface area contributed by atoms with E-state index in [0.29, 0.717) is 6.42 Å². The fourth-order valence-corrected chi connectivity index (χ4v) is 1.27. The first kappa shape index (κ1) is 8.46. The Hall–Kier alpha value is -0.640. The molecule has 1 fully saturated rings. The van der Waals surface area contributed by atoms with Gasteiger partial charge in [0.1, 0.15) is 12.7 Å². The third-order valence-corrected chi connectivity index (χ3v) is 1.91. The number of alkyl halides is 1. The van der Waals surface area contributed by atoms with Gasteiger partial charge in [0.25, 0.3) is 0 Å². The molecule has 3 nitrogen and oxygen atoms in total. The van der Waals surface area contributed by atoms with E-state index in [1.807, 2.05) is 0 Å². The van der Waals surface area contributed by atoms with Crippen LogP contribution in [0.4, 0.5) is 4.39 Å². The molecular weight excluding hydrogens is 149 g/mol. The summed E-state index contributed by atoms with van der Waals surface area (Å²) in [4.78, 5) is 10.9. The lowest BCUT2D eigenvalue weighted by molar-refractivity contribution is -0.142. The second-order valence-electron chi connectivity index (χ2n) is 2.67. The summed E-state index contributed by atoms with van der Waals surface area (Å²) in [6, 6.07) is -0.445. The molecule has 1 aliphatic heterocycles. The Morgan fingerprint density at radius 1 is 1.73 bits per heavy atom. The molecule has 64 valence electrons. The zero-order valence-corrected chi connectivity index (χ0v) is 6.47. The maximum absolute atomic E-state index is 12.0. The molecule has 0 bridgehead atoms. The maximum Gasteiger partial charge on any atom is 0.322 e. The van der Waals surface area contributed by atoms with E-state index in [-0.39, 0.29) is 18.1 Å². The summed E-state index contributed by atoms with van der Waals surface area (Å²) < 4.78 is 16.5. The number of ether oxygens (including phenoxy) is 1. The van der Waals surface area contributed by atoms with Crippen molar-refractivity contribution in [2.45, 2.75) is 24.9 Å². The lowest BCUT2D eigenvalue weighted by atomic mass is 10.2. The molecule has 1 heterocycles. The van der Waals surface area contributed by atoms with E-state index in [2.05, 4.69) is 10.1 Å². The topological polar surface area (TPSA) is 38.3 Å². The SMILES string of the molecule is COC(=O)[C@H]1CC[C@H](CF)N1. The van der Waals surface area contributed by atoms with Gasteiger partial charge in [0.15, 0.2) is 0 Å². The van der Waals surface area contributed by atoms with Gasteiger partial charge in [-0.1, -0.05) is 0 Å². The molecule has 0 saturated carbocycles. The van der Waals surface area contributed by atoms with Crippen LogP contribution >= 0.6 is 0 Å². The van der Waals surface area contributed by atoms with Crippen LogP contribution in [0.5, 0.6) is 0 Å². The van der Waals surface area contributed by atoms with Gasteiger partial charge in [0, 0.05) is 6.04 Å². The van der Waals surface area contributed by atoms with Gasteiger partial charge in [-0.25, -0.2) is 4.39 Å². The summed E-state index contributed by atoms with van der Waals surface area (Å²) in [5, 5.41) is 2.84. The number of hydrogen-bond acceptors (Lipinski definition) is 3. The highest BCUT2D eigenvalue weighted by Crippen LogP contribution is 2.13. The van der Waals surface area contributed by atoms with Crippen LogP contribution in [0.25, 0.3) is 0 Å². The summed E-state index contributed by atoms with van der Waals surface area (Å²) in [5.41, 5.74) is 0. The average Bonchev–Trinajstić information content (AvgIpc) is 2.50. The van der Waals surface area contributed by atoms with Crippen molar-refractivity contribution in [3.63, 3.8) is 0 Å². The quantitative estimate of drug-likeness (QED) is 0.590. The number of esters is 1. The van der Waals surface area contributed by atoms with Crippen molar-refractivity contribution in [1.82, 2.24) is 5.32 Å². The van der Waals surface area contributed by atoms with Crippen LogP contribution in [0.1, 0.15) is 12.8 Å². The van der Waals surface area contributed by atoms with Gasteiger partial charge in [-0.05, 0) is 12.8 Å². The highest BCUT2D eigenvalue weighted by molar-refractivity contribution is 5.76. The van der Waals surface area contributed by atoms with Gasteiger partial charge in [-0.2, -0.15) is 0 Å². The van der Waals surface area contributed by atoms with Crippen molar-refractivity contribution >= 4 is 5.97 Å². The van der Waals surface area contributed by atoms with Crippen LogP contribution in [0.3, 0.4) is 0 Å². The summed E-state index contributed by atoms with van der Waals surface area (Å²) in [6.45, 7) is -0.409. The summed E-state index contributed by atoms with van der Waals surface area (Å²) in [7, 11) is 1.34. The van der Waals surface area contributed by atoms with Crippen molar-refractivity contribution in [2.24, 2.45) is 0 Å². The molecule has 0 radical (unpaired) electrons. The predicted molar refractivity (Wildman–Crippen MR) is 37.9 cm³/mol. The van der Waals surface area contributed by atoms with E-state index in [0.717, 1.165) is 6.42 Å². The number of halogens is 1. The minimum atomic E-state index is -0.409. The maximum atomic E-state index is 12.0. The fourth-order valence-electron chi connectivity index (χ4n) is 1.27. The van der Waals surface area contributed by atoms with E-state index in [1.165, 1.54) is 7.11 Å². The molecule has 1 rings (SSSR count). The van der Waals surface area contributed by atoms with Crippen LogP contribution < -0.4 is 5.32 Å². The minimum absolute atomic E-state index is 0.154. The smallest absolute Gasteiger partial charge is 0.322 e. The molecular formula is C7H12FNO2.